The number of esters is 1. The topological polar surface area (TPSA) is 105 Å². The fourth-order valence-corrected chi connectivity index (χ4v) is 5.45. The molecule has 2 aliphatic rings. The number of ether oxygens (including phenoxy) is 1. The lowest BCUT2D eigenvalue weighted by atomic mass is 9.86. The lowest BCUT2D eigenvalue weighted by Crippen LogP contribution is -2.42. The van der Waals surface area contributed by atoms with Gasteiger partial charge in [-0.15, -0.1) is 0 Å². The monoisotopic (exact) mass is 479 g/mol. The SMILES string of the molecule is CCOC(=O)C1CCN(c2ccc(NC(=O)C3CCC(NS(=O)(=O)C(C)C)CC3)cc2)CC1. The highest BCUT2D eigenvalue weighted by molar-refractivity contribution is 7.90. The molecule has 0 atom stereocenters. The van der Waals surface area contributed by atoms with Gasteiger partial charge in [0.25, 0.3) is 0 Å². The minimum absolute atomic E-state index is 0.0110. The highest BCUT2D eigenvalue weighted by Crippen LogP contribution is 2.28. The first-order valence-electron chi connectivity index (χ1n) is 12.0. The van der Waals surface area contributed by atoms with E-state index >= 15 is 0 Å². The third-order valence-electron chi connectivity index (χ3n) is 6.66. The molecule has 33 heavy (non-hydrogen) atoms. The standard InChI is InChI=1S/C24H37N3O5S/c1-4-32-24(29)19-13-15-27(16-14-19)22-11-9-20(10-12-22)25-23(28)18-5-7-21(8-6-18)26-33(30,31)17(2)3/h9-12,17-19,21,26H,4-8,13-16H2,1-3H3,(H,25,28). The van der Waals surface area contributed by atoms with Crippen LogP contribution in [0.1, 0.15) is 59.3 Å². The van der Waals surface area contributed by atoms with E-state index < -0.39 is 15.3 Å². The zero-order chi connectivity index (χ0) is 24.0. The maximum Gasteiger partial charge on any atom is 0.309 e. The number of sulfonamides is 1. The van der Waals surface area contributed by atoms with Crippen LogP contribution in [0, 0.1) is 11.8 Å². The van der Waals surface area contributed by atoms with Crippen molar-refractivity contribution in [3.63, 3.8) is 0 Å². The third kappa shape index (κ3) is 6.93. The van der Waals surface area contributed by atoms with E-state index in [1.807, 2.05) is 31.2 Å². The van der Waals surface area contributed by atoms with Crippen molar-refractivity contribution in [1.82, 2.24) is 4.72 Å². The van der Waals surface area contributed by atoms with Gasteiger partial charge in [-0.1, -0.05) is 0 Å². The van der Waals surface area contributed by atoms with Crippen LogP contribution in [-0.4, -0.2) is 51.3 Å². The summed E-state index contributed by atoms with van der Waals surface area (Å²) >= 11 is 0. The van der Waals surface area contributed by atoms with Gasteiger partial charge < -0.3 is 15.0 Å². The first kappa shape index (κ1) is 25.5. The summed E-state index contributed by atoms with van der Waals surface area (Å²) in [7, 11) is -3.29. The number of rotatable bonds is 8. The van der Waals surface area contributed by atoms with E-state index in [0.29, 0.717) is 32.3 Å². The predicted octanol–water partition coefficient (Wildman–Crippen LogP) is 3.29. The molecule has 0 unspecified atom stereocenters. The number of anilines is 2. The fourth-order valence-electron chi connectivity index (χ4n) is 4.48. The number of amides is 1. The Morgan fingerprint density at radius 1 is 1.00 bits per heavy atom. The molecule has 0 radical (unpaired) electrons. The molecule has 1 saturated heterocycles. The summed E-state index contributed by atoms with van der Waals surface area (Å²) in [6, 6.07) is 7.73. The van der Waals surface area contributed by atoms with Gasteiger partial charge in [0.2, 0.25) is 15.9 Å². The molecule has 2 fully saturated rings. The number of hydrogen-bond donors (Lipinski definition) is 2. The van der Waals surface area contributed by atoms with Gasteiger partial charge in [-0.3, -0.25) is 9.59 Å². The van der Waals surface area contributed by atoms with Gasteiger partial charge >= 0.3 is 5.97 Å². The molecule has 3 rings (SSSR count). The number of carbonyl (C=O) groups excluding carboxylic acids is 2. The van der Waals surface area contributed by atoms with E-state index in [9.17, 15) is 18.0 Å². The number of carbonyl (C=O) groups is 2. The van der Waals surface area contributed by atoms with Crippen LogP contribution >= 0.6 is 0 Å². The van der Waals surface area contributed by atoms with E-state index in [1.165, 1.54) is 0 Å². The molecule has 1 aliphatic heterocycles. The molecule has 0 spiro atoms. The van der Waals surface area contributed by atoms with Gasteiger partial charge in [0.1, 0.15) is 0 Å². The van der Waals surface area contributed by atoms with Crippen LogP contribution in [0.2, 0.25) is 0 Å². The predicted molar refractivity (Wildman–Crippen MR) is 130 cm³/mol. The molecule has 184 valence electrons. The number of nitrogens with one attached hydrogen (secondary N) is 2. The van der Waals surface area contributed by atoms with Crippen molar-refractivity contribution in [3.05, 3.63) is 24.3 Å². The van der Waals surface area contributed by atoms with Crippen molar-refractivity contribution in [1.29, 1.82) is 0 Å². The largest absolute Gasteiger partial charge is 0.466 e. The van der Waals surface area contributed by atoms with Gasteiger partial charge in [-0.05, 0) is 83.6 Å². The molecule has 1 saturated carbocycles. The molecule has 9 heteroatoms. The molecule has 0 bridgehead atoms. The minimum atomic E-state index is -3.29. The van der Waals surface area contributed by atoms with Gasteiger partial charge in [0, 0.05) is 36.4 Å². The van der Waals surface area contributed by atoms with Crippen molar-refractivity contribution >= 4 is 33.3 Å². The summed E-state index contributed by atoms with van der Waals surface area (Å²) in [5.41, 5.74) is 1.83. The van der Waals surface area contributed by atoms with Gasteiger partial charge in [-0.25, -0.2) is 13.1 Å². The van der Waals surface area contributed by atoms with Crippen molar-refractivity contribution in [2.24, 2.45) is 11.8 Å². The summed E-state index contributed by atoms with van der Waals surface area (Å²) in [6.45, 7) is 7.19. The molecule has 1 amide bonds. The fraction of sp³-hybridized carbons (Fsp3) is 0.667. The Balaban J connectivity index is 1.45. The first-order valence-corrected chi connectivity index (χ1v) is 13.6. The Morgan fingerprint density at radius 2 is 1.61 bits per heavy atom. The normalized spacial score (nSPS) is 22.2. The van der Waals surface area contributed by atoms with Crippen molar-refractivity contribution in [2.75, 3.05) is 29.9 Å². The molecule has 1 aromatic rings. The zero-order valence-corrected chi connectivity index (χ0v) is 20.7. The van der Waals surface area contributed by atoms with Crippen LogP contribution in [-0.2, 0) is 24.3 Å². The Labute approximate surface area is 197 Å². The summed E-state index contributed by atoms with van der Waals surface area (Å²) < 4.78 is 32.0. The molecular weight excluding hydrogens is 442 g/mol. The lowest BCUT2D eigenvalue weighted by Gasteiger charge is -2.32. The van der Waals surface area contributed by atoms with Gasteiger partial charge in [-0.2, -0.15) is 0 Å². The molecule has 2 N–H and O–H groups in total. The average molecular weight is 480 g/mol. The summed E-state index contributed by atoms with van der Waals surface area (Å²) in [5, 5.41) is 2.55. The van der Waals surface area contributed by atoms with Crippen LogP contribution < -0.4 is 14.9 Å². The first-order chi connectivity index (χ1) is 15.7. The second-order valence-electron chi connectivity index (χ2n) is 9.31. The highest BCUT2D eigenvalue weighted by Gasteiger charge is 2.30. The maximum absolute atomic E-state index is 12.7. The second-order valence-corrected chi connectivity index (χ2v) is 11.6. The van der Waals surface area contributed by atoms with Crippen LogP contribution in [0.25, 0.3) is 0 Å². The van der Waals surface area contributed by atoms with Gasteiger partial charge in [0.05, 0.1) is 17.8 Å². The van der Waals surface area contributed by atoms with E-state index in [2.05, 4.69) is 14.9 Å². The van der Waals surface area contributed by atoms with Crippen molar-refractivity contribution in [2.45, 2.75) is 70.6 Å². The number of piperidine rings is 1. The van der Waals surface area contributed by atoms with E-state index in [4.69, 9.17) is 4.74 Å². The molecule has 0 aromatic heterocycles. The quantitative estimate of drug-likeness (QED) is 0.555. The lowest BCUT2D eigenvalue weighted by molar-refractivity contribution is -0.148. The minimum Gasteiger partial charge on any atom is -0.466 e. The molecule has 1 heterocycles. The Hall–Kier alpha value is -2.13. The van der Waals surface area contributed by atoms with E-state index in [1.54, 1.807) is 13.8 Å². The summed E-state index contributed by atoms with van der Waals surface area (Å²) in [5.74, 6) is -0.230. The Bertz CT molecular complexity index is 901. The molecule has 1 aliphatic carbocycles. The number of benzene rings is 1. The smallest absolute Gasteiger partial charge is 0.309 e. The average Bonchev–Trinajstić information content (AvgIpc) is 2.80. The number of hydrogen-bond acceptors (Lipinski definition) is 6. The summed E-state index contributed by atoms with van der Waals surface area (Å²) in [4.78, 5) is 26.9. The molecule has 1 aromatic carbocycles. The Kier molecular flexibility index (Phi) is 8.75. The van der Waals surface area contributed by atoms with Crippen LogP contribution in [0.5, 0.6) is 0 Å². The molecular formula is C24H37N3O5S. The van der Waals surface area contributed by atoms with Crippen molar-refractivity contribution < 1.29 is 22.7 Å². The van der Waals surface area contributed by atoms with Crippen LogP contribution in [0.15, 0.2) is 24.3 Å². The van der Waals surface area contributed by atoms with Crippen LogP contribution in [0.3, 0.4) is 0 Å². The van der Waals surface area contributed by atoms with Crippen molar-refractivity contribution in [3.8, 4) is 0 Å². The van der Waals surface area contributed by atoms with E-state index in [0.717, 1.165) is 37.3 Å². The highest BCUT2D eigenvalue weighted by atomic mass is 32.2. The van der Waals surface area contributed by atoms with Gasteiger partial charge in [0.15, 0.2) is 0 Å². The zero-order valence-electron chi connectivity index (χ0n) is 19.9. The second kappa shape index (κ2) is 11.3. The number of nitrogens with zero attached hydrogens (tertiary/aromatic N) is 1. The third-order valence-corrected chi connectivity index (χ3v) is 8.57. The van der Waals surface area contributed by atoms with E-state index in [-0.39, 0.29) is 29.8 Å². The maximum atomic E-state index is 12.7. The molecule has 8 nitrogen and oxygen atoms in total. The Morgan fingerprint density at radius 3 is 2.15 bits per heavy atom. The van der Waals surface area contributed by atoms with Crippen LogP contribution in [0.4, 0.5) is 11.4 Å². The summed E-state index contributed by atoms with van der Waals surface area (Å²) in [6.07, 6.45) is 4.26.